The quantitative estimate of drug-likeness (QED) is 0.137. The fourth-order valence-corrected chi connectivity index (χ4v) is 14.2. The van der Waals surface area contributed by atoms with Gasteiger partial charge in [-0.1, -0.05) is 0 Å². The van der Waals surface area contributed by atoms with Gasteiger partial charge in [0.2, 0.25) is 0 Å². The molecule has 7 rings (SSSR count). The molecule has 284 valence electrons. The molecule has 0 fully saturated rings. The van der Waals surface area contributed by atoms with E-state index in [1.165, 1.54) is 16.7 Å². The summed E-state index contributed by atoms with van der Waals surface area (Å²) >= 11 is 0. The van der Waals surface area contributed by atoms with E-state index in [1.54, 1.807) is 0 Å². The molecule has 0 aliphatic rings. The number of phenols is 2. The molecular weight excluding hydrogens is 704 g/mol. The second-order valence-electron chi connectivity index (χ2n) is 15.9. The second kappa shape index (κ2) is 15.1. The molecule has 0 amide bonds. The molecule has 7 aromatic carbocycles. The first-order chi connectivity index (χ1) is 26.8. The van der Waals surface area contributed by atoms with Crippen molar-refractivity contribution in [3.8, 4) is 17.2 Å². The SMILES string of the molecule is Cc1ccc(P(Oc2c(Cc3cc(C)c(O)c(C)c3)cc(C)cc2Cc2cc(C)c(O)c(C)c2)(c2ccccc2)(c2ccc(C)cc2)c2ccc(C)cc2)cc1. The van der Waals surface area contributed by atoms with Crippen molar-refractivity contribution in [1.82, 2.24) is 0 Å². The molecule has 0 saturated heterocycles. The van der Waals surface area contributed by atoms with Crippen LogP contribution in [-0.4, -0.2) is 10.2 Å². The van der Waals surface area contributed by atoms with Crippen LogP contribution < -0.4 is 25.7 Å². The first kappa shape index (κ1) is 38.6. The average Bonchev–Trinajstić information content (AvgIpc) is 3.17. The normalized spacial score (nSPS) is 12.2. The molecule has 0 atom stereocenters. The van der Waals surface area contributed by atoms with Gasteiger partial charge in [0, 0.05) is 0 Å². The summed E-state index contributed by atoms with van der Waals surface area (Å²) in [4.78, 5) is 0. The Balaban J connectivity index is 1.65. The van der Waals surface area contributed by atoms with Crippen LogP contribution in [0.25, 0.3) is 0 Å². The summed E-state index contributed by atoms with van der Waals surface area (Å²) in [5.74, 6) is 1.52. The first-order valence-electron chi connectivity index (χ1n) is 19.5. The van der Waals surface area contributed by atoms with Crippen molar-refractivity contribution < 1.29 is 14.7 Å². The van der Waals surface area contributed by atoms with E-state index in [2.05, 4.69) is 167 Å². The van der Waals surface area contributed by atoms with Gasteiger partial charge >= 0.3 is 335 Å². The van der Waals surface area contributed by atoms with E-state index in [0.717, 1.165) is 77.0 Å². The van der Waals surface area contributed by atoms with Crippen molar-refractivity contribution in [3.05, 3.63) is 206 Å². The zero-order valence-corrected chi connectivity index (χ0v) is 34.8. The molecule has 0 radical (unpaired) electrons. The number of benzene rings is 7. The Morgan fingerprint density at radius 1 is 0.393 bits per heavy atom. The molecule has 0 bridgehead atoms. The zero-order valence-electron chi connectivity index (χ0n) is 33.9. The number of hydrogen-bond acceptors (Lipinski definition) is 3. The van der Waals surface area contributed by atoms with Gasteiger partial charge in [0.1, 0.15) is 0 Å². The molecule has 0 aliphatic heterocycles. The van der Waals surface area contributed by atoms with Crippen molar-refractivity contribution in [2.75, 3.05) is 0 Å². The predicted octanol–water partition coefficient (Wildman–Crippen LogP) is 10.9. The summed E-state index contributed by atoms with van der Waals surface area (Å²) in [6, 6.07) is 50.8. The van der Waals surface area contributed by atoms with Gasteiger partial charge in [0.05, 0.1) is 0 Å². The van der Waals surface area contributed by atoms with Crippen molar-refractivity contribution in [3.63, 3.8) is 0 Å². The van der Waals surface area contributed by atoms with Crippen molar-refractivity contribution in [2.24, 2.45) is 0 Å². The maximum atomic E-state index is 10.8. The molecule has 56 heavy (non-hydrogen) atoms. The van der Waals surface area contributed by atoms with Gasteiger partial charge < -0.3 is 0 Å². The first-order valence-corrected chi connectivity index (χ1v) is 21.6. The molecule has 0 spiro atoms. The summed E-state index contributed by atoms with van der Waals surface area (Å²) in [6.45, 7) is 12.3. The molecule has 0 aliphatic carbocycles. The zero-order chi connectivity index (χ0) is 39.8. The van der Waals surface area contributed by atoms with Crippen LogP contribution in [0.4, 0.5) is 0 Å². The number of phenolic OH excluding ortho intramolecular Hbond substituents is 2. The Morgan fingerprint density at radius 2 is 0.714 bits per heavy atom. The van der Waals surface area contributed by atoms with E-state index in [1.807, 2.05) is 27.7 Å². The minimum absolute atomic E-state index is 0.334. The molecular formula is C52H53O3P. The maximum absolute atomic E-state index is 10.8. The van der Waals surface area contributed by atoms with Gasteiger partial charge in [-0.15, -0.1) is 0 Å². The average molecular weight is 757 g/mol. The number of aromatic hydroxyl groups is 2. The Labute approximate surface area is 333 Å². The van der Waals surface area contributed by atoms with Crippen molar-refractivity contribution in [1.29, 1.82) is 0 Å². The van der Waals surface area contributed by atoms with Gasteiger partial charge in [0.25, 0.3) is 0 Å². The van der Waals surface area contributed by atoms with Crippen LogP contribution in [0.1, 0.15) is 66.8 Å². The van der Waals surface area contributed by atoms with E-state index >= 15 is 0 Å². The van der Waals surface area contributed by atoms with Crippen LogP contribution in [0.3, 0.4) is 0 Å². The summed E-state index contributed by atoms with van der Waals surface area (Å²) in [5, 5.41) is 26.0. The standard InChI is InChI=1S/C52H53O3P/c1-34-14-20-47(21-15-34)56(46-12-10-9-11-13-46,48-22-16-35(2)17-23-48,49-24-18-36(3)19-25-49)55-52-44(32-42-28-38(5)50(53)39(6)29-42)26-37(4)27-45(52)33-43-30-40(7)51(54)41(8)31-43/h9-31,53-54H,32-33H2,1-8H3. The van der Waals surface area contributed by atoms with E-state index in [9.17, 15) is 10.2 Å². The molecule has 0 heterocycles. The van der Waals surface area contributed by atoms with E-state index < -0.39 is 6.83 Å². The number of aryl methyl sites for hydroxylation is 8. The summed E-state index contributed by atoms with van der Waals surface area (Å²) in [7, 11) is 0. The van der Waals surface area contributed by atoms with E-state index in [-0.39, 0.29) is 0 Å². The van der Waals surface area contributed by atoms with Gasteiger partial charge in [-0.25, -0.2) is 0 Å². The summed E-state index contributed by atoms with van der Waals surface area (Å²) in [5.41, 5.74) is 12.5. The Hall–Kier alpha value is -5.63. The molecule has 3 nitrogen and oxygen atoms in total. The molecule has 0 aromatic heterocycles. The van der Waals surface area contributed by atoms with Crippen LogP contribution in [0, 0.1) is 55.4 Å². The second-order valence-corrected chi connectivity index (χ2v) is 20.2. The Bertz CT molecular complexity index is 2290. The molecule has 2 N–H and O–H groups in total. The minimum atomic E-state index is -4.17. The van der Waals surface area contributed by atoms with Gasteiger partial charge in [0.15, 0.2) is 0 Å². The van der Waals surface area contributed by atoms with E-state index in [0.29, 0.717) is 24.3 Å². The van der Waals surface area contributed by atoms with Crippen molar-refractivity contribution in [2.45, 2.75) is 68.2 Å². The third-order valence-electron chi connectivity index (χ3n) is 11.4. The Kier molecular flexibility index (Phi) is 10.4. The van der Waals surface area contributed by atoms with Gasteiger partial charge in [-0.05, 0) is 0 Å². The number of hydrogen-bond donors (Lipinski definition) is 2. The predicted molar refractivity (Wildman–Crippen MR) is 238 cm³/mol. The van der Waals surface area contributed by atoms with Crippen LogP contribution in [0.5, 0.6) is 17.2 Å². The van der Waals surface area contributed by atoms with Gasteiger partial charge in [-0.3, -0.25) is 0 Å². The number of rotatable bonds is 10. The topological polar surface area (TPSA) is 49.7 Å². The van der Waals surface area contributed by atoms with Crippen molar-refractivity contribution >= 4 is 28.0 Å². The monoisotopic (exact) mass is 756 g/mol. The third-order valence-corrected chi connectivity index (χ3v) is 17.1. The molecule has 7 aromatic rings. The van der Waals surface area contributed by atoms with Crippen LogP contribution in [0.2, 0.25) is 0 Å². The van der Waals surface area contributed by atoms with Crippen LogP contribution in [0.15, 0.2) is 140 Å². The third kappa shape index (κ3) is 6.80. The fourth-order valence-electron chi connectivity index (χ4n) is 8.53. The van der Waals surface area contributed by atoms with Gasteiger partial charge in [-0.2, -0.15) is 0 Å². The Morgan fingerprint density at radius 3 is 1.05 bits per heavy atom. The molecule has 0 unspecified atom stereocenters. The van der Waals surface area contributed by atoms with Crippen LogP contribution >= 0.6 is 6.83 Å². The van der Waals surface area contributed by atoms with Crippen LogP contribution in [-0.2, 0) is 12.8 Å². The molecule has 0 saturated carbocycles. The molecule has 4 heteroatoms. The van der Waals surface area contributed by atoms with E-state index in [4.69, 9.17) is 4.52 Å². The summed E-state index contributed by atoms with van der Waals surface area (Å²) in [6.07, 6.45) is 1.22. The fraction of sp³-hybridized carbons (Fsp3) is 0.192. The summed E-state index contributed by atoms with van der Waals surface area (Å²) < 4.78 is 8.52.